The third-order valence-electron chi connectivity index (χ3n) is 1.76. The molecule has 0 unspecified atom stereocenters. The number of nitrogens with zero attached hydrogens (tertiary/aromatic N) is 1. The summed E-state index contributed by atoms with van der Waals surface area (Å²) < 4.78 is 1.41. The second-order valence-corrected chi connectivity index (χ2v) is 4.38. The van der Waals surface area contributed by atoms with Gasteiger partial charge in [0.1, 0.15) is 6.54 Å². The molecule has 1 aromatic rings. The minimum Gasteiger partial charge on any atom is -0.350 e. The van der Waals surface area contributed by atoms with Gasteiger partial charge >= 0.3 is 4.87 Å². The summed E-state index contributed by atoms with van der Waals surface area (Å²) in [6.07, 6.45) is 0. The van der Waals surface area contributed by atoms with Crippen LogP contribution >= 0.6 is 22.9 Å². The Morgan fingerprint density at radius 1 is 1.73 bits per heavy atom. The third kappa shape index (κ3) is 3.53. The molecule has 82 valence electrons. The van der Waals surface area contributed by atoms with E-state index in [2.05, 4.69) is 11.9 Å². The van der Waals surface area contributed by atoms with Crippen molar-refractivity contribution in [1.29, 1.82) is 0 Å². The Morgan fingerprint density at radius 3 is 2.87 bits per heavy atom. The molecule has 1 rings (SSSR count). The van der Waals surface area contributed by atoms with Gasteiger partial charge in [-0.2, -0.15) is 0 Å². The molecule has 0 saturated carbocycles. The average molecular weight is 247 g/mol. The molecule has 0 fully saturated rings. The Labute approximate surface area is 96.2 Å². The number of halogens is 1. The number of carbonyl (C=O) groups excluding carboxylic acids is 1. The molecule has 1 heterocycles. The maximum absolute atomic E-state index is 11.4. The molecule has 6 heteroatoms. The number of hydrogen-bond donors (Lipinski definition) is 1. The standard InChI is InChI=1S/C9H11ClN2O2S/c1-6(10)3-11-8(13)4-12-7(2)5-15-9(12)14/h5H,1,3-4H2,2H3,(H,11,13). The maximum atomic E-state index is 11.4. The topological polar surface area (TPSA) is 51.1 Å². The van der Waals surface area contributed by atoms with Crippen LogP contribution < -0.4 is 10.2 Å². The number of aromatic nitrogens is 1. The van der Waals surface area contributed by atoms with Gasteiger partial charge in [0, 0.05) is 16.1 Å². The highest BCUT2D eigenvalue weighted by Crippen LogP contribution is 1.99. The van der Waals surface area contributed by atoms with Crippen molar-refractivity contribution in [3.63, 3.8) is 0 Å². The van der Waals surface area contributed by atoms with Crippen molar-refractivity contribution in [3.8, 4) is 0 Å². The van der Waals surface area contributed by atoms with Crippen molar-refractivity contribution >= 4 is 28.8 Å². The summed E-state index contributed by atoms with van der Waals surface area (Å²) in [4.78, 5) is 22.5. The van der Waals surface area contributed by atoms with E-state index >= 15 is 0 Å². The number of carbonyl (C=O) groups is 1. The van der Waals surface area contributed by atoms with Crippen LogP contribution in [-0.2, 0) is 11.3 Å². The lowest BCUT2D eigenvalue weighted by molar-refractivity contribution is -0.121. The Morgan fingerprint density at radius 2 is 2.40 bits per heavy atom. The predicted molar refractivity (Wildman–Crippen MR) is 61.3 cm³/mol. The lowest BCUT2D eigenvalue weighted by Gasteiger charge is -2.05. The maximum Gasteiger partial charge on any atom is 0.307 e. The van der Waals surface area contributed by atoms with Crippen molar-refractivity contribution < 1.29 is 4.79 Å². The SMILES string of the molecule is C=C(Cl)CNC(=O)Cn1c(C)csc1=O. The molecule has 0 atom stereocenters. The fraction of sp³-hybridized carbons (Fsp3) is 0.333. The zero-order valence-corrected chi connectivity index (χ0v) is 9.82. The van der Waals surface area contributed by atoms with Gasteiger partial charge in [0.25, 0.3) is 0 Å². The van der Waals surface area contributed by atoms with Crippen LogP contribution in [-0.4, -0.2) is 17.0 Å². The first kappa shape index (κ1) is 12.0. The van der Waals surface area contributed by atoms with Gasteiger partial charge in [-0.25, -0.2) is 0 Å². The van der Waals surface area contributed by atoms with Gasteiger partial charge in [0.15, 0.2) is 0 Å². The summed E-state index contributed by atoms with van der Waals surface area (Å²) in [6, 6.07) is 0. The number of thiazole rings is 1. The van der Waals surface area contributed by atoms with Crippen LogP contribution in [0.2, 0.25) is 0 Å². The molecule has 4 nitrogen and oxygen atoms in total. The number of amides is 1. The molecule has 1 amide bonds. The van der Waals surface area contributed by atoms with Crippen LogP contribution in [0.1, 0.15) is 5.69 Å². The molecule has 0 aromatic carbocycles. The van der Waals surface area contributed by atoms with Gasteiger partial charge in [0.2, 0.25) is 5.91 Å². The molecule has 1 N–H and O–H groups in total. The quantitative estimate of drug-likeness (QED) is 0.865. The fourth-order valence-electron chi connectivity index (χ4n) is 0.990. The van der Waals surface area contributed by atoms with Gasteiger partial charge in [0.05, 0.1) is 6.54 Å². The van der Waals surface area contributed by atoms with Crippen LogP contribution in [0.15, 0.2) is 21.8 Å². The van der Waals surface area contributed by atoms with Crippen molar-refractivity contribution in [2.24, 2.45) is 0 Å². The third-order valence-corrected chi connectivity index (χ3v) is 2.77. The zero-order valence-electron chi connectivity index (χ0n) is 8.25. The molecule has 0 spiro atoms. The minimum absolute atomic E-state index is 0.0261. The summed E-state index contributed by atoms with van der Waals surface area (Å²) in [5.41, 5.74) is 0.782. The van der Waals surface area contributed by atoms with Crippen LogP contribution in [0.25, 0.3) is 0 Å². The van der Waals surface area contributed by atoms with Crippen molar-refractivity contribution in [3.05, 3.63) is 32.4 Å². The van der Waals surface area contributed by atoms with E-state index in [1.807, 2.05) is 0 Å². The van der Waals surface area contributed by atoms with E-state index in [1.165, 1.54) is 4.57 Å². The van der Waals surface area contributed by atoms with E-state index in [0.717, 1.165) is 17.0 Å². The summed E-state index contributed by atoms with van der Waals surface area (Å²) in [7, 11) is 0. The first-order chi connectivity index (χ1) is 7.00. The molecule has 0 bridgehead atoms. The highest BCUT2D eigenvalue weighted by atomic mass is 35.5. The molecule has 0 aliphatic rings. The number of hydrogen-bond acceptors (Lipinski definition) is 3. The monoisotopic (exact) mass is 246 g/mol. The molecule has 0 aliphatic heterocycles. The minimum atomic E-state index is -0.250. The first-order valence-corrected chi connectivity index (χ1v) is 5.51. The van der Waals surface area contributed by atoms with Gasteiger partial charge < -0.3 is 5.32 Å². The molecule has 0 radical (unpaired) electrons. The smallest absolute Gasteiger partial charge is 0.307 e. The molecular weight excluding hydrogens is 236 g/mol. The number of rotatable bonds is 4. The Bertz CT molecular complexity index is 436. The lowest BCUT2D eigenvalue weighted by atomic mass is 10.5. The van der Waals surface area contributed by atoms with E-state index in [1.54, 1.807) is 12.3 Å². The van der Waals surface area contributed by atoms with Crippen molar-refractivity contribution in [2.75, 3.05) is 6.54 Å². The molecule has 15 heavy (non-hydrogen) atoms. The highest BCUT2D eigenvalue weighted by molar-refractivity contribution is 7.07. The van der Waals surface area contributed by atoms with E-state index in [0.29, 0.717) is 5.03 Å². The second kappa shape index (κ2) is 5.14. The highest BCUT2D eigenvalue weighted by Gasteiger charge is 2.07. The predicted octanol–water partition coefficient (Wildman–Crippen LogP) is 1.09. The number of aryl methyl sites for hydroxylation is 1. The van der Waals surface area contributed by atoms with E-state index in [4.69, 9.17) is 11.6 Å². The molecule has 0 aliphatic carbocycles. The zero-order chi connectivity index (χ0) is 11.4. The Kier molecular flexibility index (Phi) is 4.11. The largest absolute Gasteiger partial charge is 0.350 e. The summed E-state index contributed by atoms with van der Waals surface area (Å²) >= 11 is 6.57. The normalized spacial score (nSPS) is 10.0. The summed E-state index contributed by atoms with van der Waals surface area (Å²) in [5, 5.41) is 4.63. The van der Waals surface area contributed by atoms with Gasteiger partial charge in [-0.05, 0) is 6.92 Å². The van der Waals surface area contributed by atoms with Crippen molar-refractivity contribution in [1.82, 2.24) is 9.88 Å². The van der Waals surface area contributed by atoms with E-state index < -0.39 is 0 Å². The number of nitrogens with one attached hydrogen (secondary N) is 1. The molecule has 0 saturated heterocycles. The second-order valence-electron chi connectivity index (χ2n) is 3.02. The molecule has 1 aromatic heterocycles. The van der Waals surface area contributed by atoms with Gasteiger partial charge in [-0.3, -0.25) is 14.2 Å². The van der Waals surface area contributed by atoms with Gasteiger partial charge in [-0.15, -0.1) is 0 Å². The van der Waals surface area contributed by atoms with Crippen LogP contribution in [0, 0.1) is 6.92 Å². The van der Waals surface area contributed by atoms with E-state index in [-0.39, 0.29) is 23.9 Å². The fourth-order valence-corrected chi connectivity index (χ4v) is 1.79. The van der Waals surface area contributed by atoms with Crippen LogP contribution in [0.5, 0.6) is 0 Å². The van der Waals surface area contributed by atoms with Crippen LogP contribution in [0.3, 0.4) is 0 Å². The van der Waals surface area contributed by atoms with Gasteiger partial charge in [-0.1, -0.05) is 29.5 Å². The lowest BCUT2D eigenvalue weighted by Crippen LogP contribution is -2.31. The van der Waals surface area contributed by atoms with E-state index in [9.17, 15) is 9.59 Å². The summed E-state index contributed by atoms with van der Waals surface area (Å²) in [5.74, 6) is -0.250. The van der Waals surface area contributed by atoms with Crippen molar-refractivity contribution in [2.45, 2.75) is 13.5 Å². The Balaban J connectivity index is 2.59. The first-order valence-electron chi connectivity index (χ1n) is 4.25. The Hall–Kier alpha value is -1.07. The summed E-state index contributed by atoms with van der Waals surface area (Å²) in [6.45, 7) is 5.47. The average Bonchev–Trinajstić information content (AvgIpc) is 2.46. The molecular formula is C9H11ClN2O2S. The van der Waals surface area contributed by atoms with Crippen LogP contribution in [0.4, 0.5) is 0 Å².